The van der Waals surface area contributed by atoms with E-state index in [0.717, 1.165) is 19.6 Å². The minimum atomic E-state index is 1.11. The predicted octanol–water partition coefficient (Wildman–Crippen LogP) is 1.25. The Morgan fingerprint density at radius 3 is 2.67 bits per heavy atom. The molecule has 1 aliphatic rings. The van der Waals surface area contributed by atoms with Crippen LogP contribution in [0.25, 0.3) is 0 Å². The topological polar surface area (TPSA) is 15.3 Å². The zero-order chi connectivity index (χ0) is 8.81. The summed E-state index contributed by atoms with van der Waals surface area (Å²) in [6, 6.07) is 0. The van der Waals surface area contributed by atoms with E-state index < -0.39 is 0 Å². The first kappa shape index (κ1) is 9.75. The first-order valence-electron chi connectivity index (χ1n) is 4.92. The summed E-state index contributed by atoms with van der Waals surface area (Å²) in [6.07, 6.45) is 2.41. The molecule has 0 aromatic heterocycles. The minimum Gasteiger partial charge on any atom is -0.314 e. The first-order valence-corrected chi connectivity index (χ1v) is 4.92. The third kappa shape index (κ3) is 3.37. The van der Waals surface area contributed by atoms with Gasteiger partial charge in [0, 0.05) is 32.7 Å². The molecule has 2 nitrogen and oxygen atoms in total. The van der Waals surface area contributed by atoms with Crippen LogP contribution in [0.3, 0.4) is 0 Å². The molecule has 1 fully saturated rings. The van der Waals surface area contributed by atoms with Crippen molar-refractivity contribution in [3.63, 3.8) is 0 Å². The van der Waals surface area contributed by atoms with E-state index in [9.17, 15) is 0 Å². The average Bonchev–Trinajstić information content (AvgIpc) is 2.06. The monoisotopic (exact) mass is 168 g/mol. The predicted molar refractivity (Wildman–Crippen MR) is 53.4 cm³/mol. The van der Waals surface area contributed by atoms with Crippen LogP contribution in [0.2, 0.25) is 0 Å². The lowest BCUT2D eigenvalue weighted by Gasteiger charge is -2.27. The highest BCUT2D eigenvalue weighted by molar-refractivity contribution is 4.97. The average molecular weight is 168 g/mol. The number of nitrogens with one attached hydrogen (secondary N) is 1. The SMILES string of the molecule is C=C(CCC)CN1CCNCC1. The Bertz CT molecular complexity index is 137. The molecule has 1 N–H and O–H groups in total. The normalized spacial score (nSPS) is 19.4. The molecule has 12 heavy (non-hydrogen) atoms. The van der Waals surface area contributed by atoms with Gasteiger partial charge in [-0.1, -0.05) is 25.5 Å². The van der Waals surface area contributed by atoms with E-state index in [-0.39, 0.29) is 0 Å². The number of nitrogens with zero attached hydrogens (tertiary/aromatic N) is 1. The summed E-state index contributed by atoms with van der Waals surface area (Å²) in [5.41, 5.74) is 1.39. The smallest absolute Gasteiger partial charge is 0.0191 e. The van der Waals surface area contributed by atoms with E-state index in [1.165, 1.54) is 31.5 Å². The molecule has 0 saturated carbocycles. The second-order valence-corrected chi connectivity index (χ2v) is 3.53. The molecule has 70 valence electrons. The highest BCUT2D eigenvalue weighted by Crippen LogP contribution is 2.04. The van der Waals surface area contributed by atoms with Gasteiger partial charge < -0.3 is 5.32 Å². The summed E-state index contributed by atoms with van der Waals surface area (Å²) in [6.45, 7) is 12.0. The molecule has 0 bridgehead atoms. The van der Waals surface area contributed by atoms with Crippen LogP contribution >= 0.6 is 0 Å². The first-order chi connectivity index (χ1) is 5.83. The van der Waals surface area contributed by atoms with Crippen LogP contribution in [0, 0.1) is 0 Å². The fourth-order valence-electron chi connectivity index (χ4n) is 1.62. The molecule has 2 heteroatoms. The summed E-state index contributed by atoms with van der Waals surface area (Å²) in [5.74, 6) is 0. The molecule has 1 saturated heterocycles. The third-order valence-electron chi connectivity index (χ3n) is 2.26. The van der Waals surface area contributed by atoms with Gasteiger partial charge >= 0.3 is 0 Å². The second kappa shape index (κ2) is 5.33. The van der Waals surface area contributed by atoms with Crippen molar-refractivity contribution in [2.75, 3.05) is 32.7 Å². The molecule has 0 amide bonds. The highest BCUT2D eigenvalue weighted by atomic mass is 15.2. The highest BCUT2D eigenvalue weighted by Gasteiger charge is 2.09. The summed E-state index contributed by atoms with van der Waals surface area (Å²) < 4.78 is 0. The summed E-state index contributed by atoms with van der Waals surface area (Å²) in [4.78, 5) is 2.48. The maximum atomic E-state index is 4.08. The van der Waals surface area contributed by atoms with E-state index in [2.05, 4.69) is 23.7 Å². The molecule has 0 aromatic carbocycles. The lowest BCUT2D eigenvalue weighted by atomic mass is 10.1. The Balaban J connectivity index is 2.15. The lowest BCUT2D eigenvalue weighted by Crippen LogP contribution is -2.44. The van der Waals surface area contributed by atoms with Crippen LogP contribution in [0.5, 0.6) is 0 Å². The quantitative estimate of drug-likeness (QED) is 0.636. The Hall–Kier alpha value is -0.340. The third-order valence-corrected chi connectivity index (χ3v) is 2.26. The second-order valence-electron chi connectivity index (χ2n) is 3.53. The summed E-state index contributed by atoms with van der Waals surface area (Å²) in [5, 5.41) is 3.35. The molecule has 1 aliphatic heterocycles. The molecular formula is C10H20N2. The van der Waals surface area contributed by atoms with Crippen molar-refractivity contribution in [2.24, 2.45) is 0 Å². The van der Waals surface area contributed by atoms with Gasteiger partial charge in [-0.3, -0.25) is 4.90 Å². The van der Waals surface area contributed by atoms with E-state index in [0.29, 0.717) is 0 Å². The Morgan fingerprint density at radius 2 is 2.08 bits per heavy atom. The lowest BCUT2D eigenvalue weighted by molar-refractivity contribution is 0.258. The van der Waals surface area contributed by atoms with Gasteiger partial charge in [0.15, 0.2) is 0 Å². The number of hydrogen-bond acceptors (Lipinski definition) is 2. The largest absolute Gasteiger partial charge is 0.314 e. The van der Waals surface area contributed by atoms with E-state index in [1.807, 2.05) is 0 Å². The summed E-state index contributed by atoms with van der Waals surface area (Å²) >= 11 is 0. The Labute approximate surface area is 75.6 Å². The molecular weight excluding hydrogens is 148 g/mol. The Kier molecular flexibility index (Phi) is 4.33. The Morgan fingerprint density at radius 1 is 1.42 bits per heavy atom. The molecule has 0 atom stereocenters. The van der Waals surface area contributed by atoms with Gasteiger partial charge in [-0.15, -0.1) is 0 Å². The van der Waals surface area contributed by atoms with Crippen LogP contribution in [-0.2, 0) is 0 Å². The van der Waals surface area contributed by atoms with Crippen LogP contribution in [0.1, 0.15) is 19.8 Å². The molecule has 1 rings (SSSR count). The van der Waals surface area contributed by atoms with Gasteiger partial charge in [-0.05, 0) is 6.42 Å². The zero-order valence-corrected chi connectivity index (χ0v) is 8.10. The summed E-state index contributed by atoms with van der Waals surface area (Å²) in [7, 11) is 0. The molecule has 0 aliphatic carbocycles. The van der Waals surface area contributed by atoms with Gasteiger partial charge in [0.05, 0.1) is 0 Å². The molecule has 1 heterocycles. The molecule has 0 radical (unpaired) electrons. The van der Waals surface area contributed by atoms with Crippen LogP contribution < -0.4 is 5.32 Å². The van der Waals surface area contributed by atoms with Crippen molar-refractivity contribution in [1.82, 2.24) is 10.2 Å². The van der Waals surface area contributed by atoms with Crippen molar-refractivity contribution in [3.05, 3.63) is 12.2 Å². The fourth-order valence-corrected chi connectivity index (χ4v) is 1.62. The van der Waals surface area contributed by atoms with E-state index in [4.69, 9.17) is 0 Å². The standard InChI is InChI=1S/C10H20N2/c1-3-4-10(2)9-12-7-5-11-6-8-12/h11H,2-9H2,1H3. The number of piperazine rings is 1. The van der Waals surface area contributed by atoms with Crippen molar-refractivity contribution < 1.29 is 0 Å². The maximum Gasteiger partial charge on any atom is 0.0191 e. The van der Waals surface area contributed by atoms with Gasteiger partial charge in [0.2, 0.25) is 0 Å². The molecule has 0 aromatic rings. The molecule has 0 unspecified atom stereocenters. The zero-order valence-electron chi connectivity index (χ0n) is 8.10. The van der Waals surface area contributed by atoms with Crippen LogP contribution in [0.15, 0.2) is 12.2 Å². The van der Waals surface area contributed by atoms with Crippen LogP contribution in [0.4, 0.5) is 0 Å². The minimum absolute atomic E-state index is 1.11. The van der Waals surface area contributed by atoms with Gasteiger partial charge in [-0.25, -0.2) is 0 Å². The van der Waals surface area contributed by atoms with Crippen molar-refractivity contribution in [3.8, 4) is 0 Å². The maximum absolute atomic E-state index is 4.08. The van der Waals surface area contributed by atoms with Crippen LogP contribution in [-0.4, -0.2) is 37.6 Å². The van der Waals surface area contributed by atoms with Gasteiger partial charge in [-0.2, -0.15) is 0 Å². The van der Waals surface area contributed by atoms with E-state index >= 15 is 0 Å². The van der Waals surface area contributed by atoms with Gasteiger partial charge in [0.25, 0.3) is 0 Å². The van der Waals surface area contributed by atoms with Crippen molar-refractivity contribution >= 4 is 0 Å². The van der Waals surface area contributed by atoms with Gasteiger partial charge in [0.1, 0.15) is 0 Å². The molecule has 0 spiro atoms. The van der Waals surface area contributed by atoms with Crippen molar-refractivity contribution in [2.45, 2.75) is 19.8 Å². The number of hydrogen-bond donors (Lipinski definition) is 1. The van der Waals surface area contributed by atoms with Crippen molar-refractivity contribution in [1.29, 1.82) is 0 Å². The fraction of sp³-hybridized carbons (Fsp3) is 0.800. The van der Waals surface area contributed by atoms with E-state index in [1.54, 1.807) is 0 Å². The number of rotatable bonds is 4.